The van der Waals surface area contributed by atoms with Crippen molar-refractivity contribution in [3.8, 4) is 5.75 Å². The fraction of sp³-hybridized carbons (Fsp3) is 0.640. The number of nitrogens with zero attached hydrogens (tertiary/aromatic N) is 3. The molecule has 1 aromatic carbocycles. The van der Waals surface area contributed by atoms with Gasteiger partial charge in [0.15, 0.2) is 6.23 Å². The Morgan fingerprint density at radius 2 is 1.61 bits per heavy atom. The monoisotopic (exact) mass is 1170 g/mol. The lowest BCUT2D eigenvalue weighted by Gasteiger charge is -2.31. The first-order valence-electron chi connectivity index (χ1n) is 26.8. The molecule has 2 bridgehead atoms. The zero-order valence-electron chi connectivity index (χ0n) is 45.1. The van der Waals surface area contributed by atoms with Crippen molar-refractivity contribution in [2.75, 3.05) is 96.2 Å². The molecule has 0 aliphatic carbocycles. The minimum Gasteiger partial charge on any atom is -0.494 e. The highest BCUT2D eigenvalue weighted by Crippen LogP contribution is 2.27. The number of aromatic nitrogens is 1. The van der Waals surface area contributed by atoms with Crippen molar-refractivity contribution in [1.29, 1.82) is 0 Å². The van der Waals surface area contributed by atoms with E-state index < -0.39 is 86.5 Å². The second-order valence-corrected chi connectivity index (χ2v) is 23.8. The molecule has 0 radical (unpaired) electrons. The fourth-order valence-corrected chi connectivity index (χ4v) is 12.5. The number of hydrogen-bond acceptors (Lipinski definition) is 19. The summed E-state index contributed by atoms with van der Waals surface area (Å²) in [4.78, 5) is 83.7. The van der Waals surface area contributed by atoms with Gasteiger partial charge in [0.05, 0.1) is 24.1 Å². The van der Waals surface area contributed by atoms with Crippen molar-refractivity contribution >= 4 is 76.7 Å². The Morgan fingerprint density at radius 3 is 2.34 bits per heavy atom. The van der Waals surface area contributed by atoms with Crippen LogP contribution in [-0.4, -0.2) is 212 Å². The van der Waals surface area contributed by atoms with E-state index in [1.54, 1.807) is 0 Å². The highest BCUT2D eigenvalue weighted by atomic mass is 32.2. The molecule has 5 rings (SSSR count). The van der Waals surface area contributed by atoms with Crippen LogP contribution in [0.3, 0.4) is 0 Å². The van der Waals surface area contributed by atoms with Gasteiger partial charge >= 0.3 is 17.9 Å². The van der Waals surface area contributed by atoms with E-state index in [1.807, 2.05) is 11.0 Å². The van der Waals surface area contributed by atoms with Crippen LogP contribution in [0.4, 0.5) is 5.82 Å². The van der Waals surface area contributed by atoms with Gasteiger partial charge in [-0.2, -0.15) is 13.1 Å². The van der Waals surface area contributed by atoms with Crippen LogP contribution >= 0.6 is 0 Å². The number of amides is 3. The van der Waals surface area contributed by atoms with Crippen molar-refractivity contribution in [2.24, 2.45) is 0 Å². The average molecular weight is 1170 g/mol. The second-order valence-electron chi connectivity index (χ2n) is 19.9. The molecule has 11 N–H and O–H groups in total. The minimum absolute atomic E-state index is 0.0627. The first-order valence-corrected chi connectivity index (χ1v) is 30.6. The third kappa shape index (κ3) is 22.8. The molecule has 0 saturated carbocycles. The molecule has 4 heterocycles. The maximum Gasteiger partial charge on any atom is 0.324 e. The van der Waals surface area contributed by atoms with Gasteiger partial charge in [-0.25, -0.2) is 13.4 Å². The van der Waals surface area contributed by atoms with Crippen LogP contribution in [0.15, 0.2) is 29.2 Å². The number of carbonyl (C=O) groups is 6. The van der Waals surface area contributed by atoms with E-state index >= 15 is 0 Å². The van der Waals surface area contributed by atoms with Gasteiger partial charge < -0.3 is 51.6 Å². The standard InChI is InChI=1S/C50H79N11O15S2Si/c1-33-27-37(28-34(2)46(33)78(73,74)59-38(49(67)68)29-56-42(63)11-4-3-10-36-14-13-35-9-5-18-54-47(35)57-36)75-26-6-12-41(62)52-20-21-55-48(79)39(32-77(70,71)72)58-43(64)16-15-40-50(69)76-44-31-60(22-7-17-51-30-45(65)66)24-25-61(40)23-8-19-53-44/h13-14,27-28,38-40,44,51,53,55,59H,3-12,15-26,29-32,79H2,1-2H3,(H,52,62)(H,54,57)(H,56,63)(H,58,64)(H,65,66)(H,67,68)(H,70,71,72)/t38?,39-,40?,44-/m0/s1. The van der Waals surface area contributed by atoms with Crippen LogP contribution in [0.5, 0.6) is 5.75 Å². The summed E-state index contributed by atoms with van der Waals surface area (Å²) in [5.41, 5.74) is 2.67. The number of unbranched alkanes of at least 4 members (excludes halogenated alkanes) is 1. The van der Waals surface area contributed by atoms with Gasteiger partial charge in [0.2, 0.25) is 27.7 Å². The van der Waals surface area contributed by atoms with Gasteiger partial charge in [-0.3, -0.25) is 48.4 Å². The minimum atomic E-state index is -4.56. The molecule has 79 heavy (non-hydrogen) atoms. The largest absolute Gasteiger partial charge is 0.494 e. The summed E-state index contributed by atoms with van der Waals surface area (Å²) < 4.78 is 74.7. The van der Waals surface area contributed by atoms with Crippen LogP contribution < -0.4 is 46.7 Å². The van der Waals surface area contributed by atoms with E-state index in [1.165, 1.54) is 41.4 Å². The smallest absolute Gasteiger partial charge is 0.324 e. The summed E-state index contributed by atoms with van der Waals surface area (Å²) in [5, 5.41) is 39.5. The van der Waals surface area contributed by atoms with Gasteiger partial charge in [-0.15, -0.1) is 0 Å². The summed E-state index contributed by atoms with van der Waals surface area (Å²) in [7, 11) is -7.65. The van der Waals surface area contributed by atoms with Crippen molar-refractivity contribution in [3.05, 3.63) is 46.6 Å². The molecule has 29 heteroatoms. The van der Waals surface area contributed by atoms with Gasteiger partial charge in [-0.05, 0) is 126 Å². The molecule has 440 valence electrons. The van der Waals surface area contributed by atoms with Gasteiger partial charge in [0.1, 0.15) is 29.4 Å². The predicted molar refractivity (Wildman–Crippen MR) is 296 cm³/mol. The molecule has 3 aliphatic heterocycles. The maximum atomic E-state index is 13.5. The molecule has 2 aromatic rings. The van der Waals surface area contributed by atoms with E-state index in [4.69, 9.17) is 14.6 Å². The molecule has 2 saturated heterocycles. The Morgan fingerprint density at radius 1 is 0.873 bits per heavy atom. The van der Waals surface area contributed by atoms with Crippen LogP contribution in [0.25, 0.3) is 0 Å². The number of carbonyl (C=O) groups excluding carboxylic acids is 4. The van der Waals surface area contributed by atoms with E-state index in [0.717, 1.165) is 37.3 Å². The third-order valence-corrected chi connectivity index (χ3v) is 16.7. The molecule has 3 unspecified atom stereocenters. The molecular weight excluding hydrogens is 1090 g/mol. The molecule has 2 fully saturated rings. The Labute approximate surface area is 464 Å². The number of ether oxygens (including phenoxy) is 2. The zero-order valence-corrected chi connectivity index (χ0v) is 48.2. The van der Waals surface area contributed by atoms with Crippen molar-refractivity contribution in [3.63, 3.8) is 0 Å². The van der Waals surface area contributed by atoms with Crippen LogP contribution in [-0.2, 0) is 66.5 Å². The molecule has 3 amide bonds. The van der Waals surface area contributed by atoms with E-state index in [9.17, 15) is 55.3 Å². The fourth-order valence-electron chi connectivity index (χ4n) is 9.48. The number of aliphatic carboxylic acids is 2. The van der Waals surface area contributed by atoms with Crippen LogP contribution in [0.1, 0.15) is 86.6 Å². The summed E-state index contributed by atoms with van der Waals surface area (Å²) >= 11 is 0. The van der Waals surface area contributed by atoms with Crippen LogP contribution in [0.2, 0.25) is 0 Å². The highest BCUT2D eigenvalue weighted by molar-refractivity contribution is 7.89. The topological polar surface area (TPSA) is 365 Å². The molecule has 0 spiro atoms. The van der Waals surface area contributed by atoms with Crippen molar-refractivity contribution in [2.45, 2.75) is 120 Å². The van der Waals surface area contributed by atoms with Crippen molar-refractivity contribution < 1.29 is 69.8 Å². The number of pyridine rings is 1. The number of anilines is 1. The molecule has 26 nitrogen and oxygen atoms in total. The SMILES string of the molecule is Cc1cc(OCCCC(=O)NCCNC(=[SiH2])[C@H](CS(=O)(=O)O)NC(=O)CCC2C(=O)O[C@H]3CN(CCCNCC(=O)O)CCN2CCCN3)cc(C)c1S(=O)(=O)NC(CNC(=O)CCCCc1ccc2c(n1)NCCC2)C(=O)O. The molecular formula is C50H79N11O15S2Si. The van der Waals surface area contributed by atoms with Gasteiger partial charge in [0.25, 0.3) is 10.1 Å². The number of rotatable bonds is 33. The summed E-state index contributed by atoms with van der Waals surface area (Å²) in [6.45, 7) is 7.59. The molecule has 1 aromatic heterocycles. The number of fused-ring (bicyclic) bond motifs is 5. The van der Waals surface area contributed by atoms with E-state index in [-0.39, 0.29) is 80.3 Å². The van der Waals surface area contributed by atoms with Gasteiger partial charge in [-0.1, -0.05) is 6.07 Å². The maximum absolute atomic E-state index is 13.5. The quantitative estimate of drug-likeness (QED) is 0.0160. The first kappa shape index (κ1) is 64.2. The number of aryl methyl sites for hydroxylation is 4. The Balaban J connectivity index is 0.998. The Bertz CT molecular complexity index is 2650. The Kier molecular flexibility index (Phi) is 25.9. The third-order valence-electron chi connectivity index (χ3n) is 13.4. The summed E-state index contributed by atoms with van der Waals surface area (Å²) in [6.07, 6.45) is 5.19. The molecule has 5 atom stereocenters. The van der Waals surface area contributed by atoms with Gasteiger partial charge in [0, 0.05) is 92.5 Å². The lowest BCUT2D eigenvalue weighted by atomic mass is 10.1. The van der Waals surface area contributed by atoms with E-state index in [0.29, 0.717) is 82.5 Å². The Hall–Kier alpha value is -5.66. The van der Waals surface area contributed by atoms with Crippen LogP contribution in [0, 0.1) is 13.8 Å². The normalized spacial score (nSPS) is 18.6. The first-order chi connectivity index (χ1) is 37.6. The summed E-state index contributed by atoms with van der Waals surface area (Å²) in [6, 6.07) is 3.51. The number of carboxylic acids is 2. The average Bonchev–Trinajstić information content (AvgIpc) is 3.49. The number of benzene rings is 1. The number of carboxylic acid groups (broad SMARTS) is 2. The van der Waals surface area contributed by atoms with E-state index in [2.05, 4.69) is 57.9 Å². The summed E-state index contributed by atoms with van der Waals surface area (Å²) in [5.74, 6) is -3.76. The predicted octanol–water partition coefficient (Wildman–Crippen LogP) is -1.99. The number of hydrogen-bond donors (Lipinski definition) is 11. The lowest BCUT2D eigenvalue weighted by molar-refractivity contribution is -0.156. The van der Waals surface area contributed by atoms with Crippen molar-refractivity contribution in [1.82, 2.24) is 51.4 Å². The lowest BCUT2D eigenvalue weighted by Crippen LogP contribution is -2.52. The molecule has 3 aliphatic rings. The number of esters is 1. The highest BCUT2D eigenvalue weighted by Gasteiger charge is 2.34. The number of nitrogens with one attached hydrogen (secondary N) is 8. The zero-order chi connectivity index (χ0) is 57.5. The number of sulfonamides is 1. The second kappa shape index (κ2) is 32.0.